The molecule has 0 bridgehead atoms. The molecule has 0 atom stereocenters. The van der Waals surface area contributed by atoms with E-state index in [9.17, 15) is 14.9 Å². The Balaban J connectivity index is 2.38. The second kappa shape index (κ2) is 5.91. The van der Waals surface area contributed by atoms with Crippen molar-refractivity contribution < 1.29 is 24.3 Å². The molecule has 0 fully saturated rings. The molecule has 0 radical (unpaired) electrons. The minimum atomic E-state index is -1.31. The first-order valence-electron chi connectivity index (χ1n) is 5.85. The van der Waals surface area contributed by atoms with Crippen LogP contribution in [0.15, 0.2) is 42.5 Å². The molecule has 0 aliphatic heterocycles. The lowest BCUT2D eigenvalue weighted by atomic mass is 10.2. The number of aromatic carboxylic acids is 1. The summed E-state index contributed by atoms with van der Waals surface area (Å²) in [6.07, 6.45) is 0. The van der Waals surface area contributed by atoms with E-state index in [2.05, 4.69) is 0 Å². The molecule has 2 rings (SSSR count). The summed E-state index contributed by atoms with van der Waals surface area (Å²) >= 11 is 0. The molecule has 1 N–H and O–H groups in total. The Hall–Kier alpha value is -3.09. The minimum Gasteiger partial charge on any atom is -0.497 e. The van der Waals surface area contributed by atoms with Crippen LogP contribution in [0.25, 0.3) is 0 Å². The number of ether oxygens (including phenoxy) is 2. The van der Waals surface area contributed by atoms with Gasteiger partial charge in [-0.2, -0.15) is 0 Å². The maximum absolute atomic E-state index is 11.2. The fourth-order valence-corrected chi connectivity index (χ4v) is 1.68. The smallest absolute Gasteiger partial charge is 0.339 e. The van der Waals surface area contributed by atoms with Crippen molar-refractivity contribution >= 4 is 11.7 Å². The van der Waals surface area contributed by atoms with Crippen molar-refractivity contribution in [3.8, 4) is 17.2 Å². The zero-order valence-electron chi connectivity index (χ0n) is 11.0. The molecular weight excluding hydrogens is 278 g/mol. The van der Waals surface area contributed by atoms with Gasteiger partial charge in [-0.3, -0.25) is 10.1 Å². The maximum Gasteiger partial charge on any atom is 0.339 e. The predicted octanol–water partition coefficient (Wildman–Crippen LogP) is 3.09. The van der Waals surface area contributed by atoms with Crippen molar-refractivity contribution in [1.29, 1.82) is 0 Å². The summed E-state index contributed by atoms with van der Waals surface area (Å²) in [4.78, 5) is 21.2. The number of benzene rings is 2. The Labute approximate surface area is 119 Å². The van der Waals surface area contributed by atoms with Gasteiger partial charge in [-0.1, -0.05) is 6.07 Å². The molecule has 2 aromatic carbocycles. The van der Waals surface area contributed by atoms with E-state index in [0.29, 0.717) is 11.5 Å². The fourth-order valence-electron chi connectivity index (χ4n) is 1.68. The van der Waals surface area contributed by atoms with Crippen molar-refractivity contribution in [3.05, 3.63) is 58.1 Å². The molecule has 0 aromatic heterocycles. The number of hydrogen-bond donors (Lipinski definition) is 1. The fraction of sp³-hybridized carbons (Fsp3) is 0.0714. The predicted molar refractivity (Wildman–Crippen MR) is 73.1 cm³/mol. The van der Waals surface area contributed by atoms with E-state index < -0.39 is 10.9 Å². The second-order valence-corrected chi connectivity index (χ2v) is 4.02. The Kier molecular flexibility index (Phi) is 4.03. The first-order valence-corrected chi connectivity index (χ1v) is 5.85. The van der Waals surface area contributed by atoms with Crippen LogP contribution in [-0.4, -0.2) is 23.1 Å². The van der Waals surface area contributed by atoms with Gasteiger partial charge in [-0.05, 0) is 18.2 Å². The number of nitrogens with zero attached hydrogens (tertiary/aromatic N) is 1. The molecule has 108 valence electrons. The number of non-ortho nitro benzene ring substituents is 1. The third-order valence-electron chi connectivity index (χ3n) is 2.67. The molecule has 7 nitrogen and oxygen atoms in total. The average Bonchev–Trinajstić information content (AvgIpc) is 2.47. The van der Waals surface area contributed by atoms with Crippen LogP contribution >= 0.6 is 0 Å². The minimum absolute atomic E-state index is 0.0151. The van der Waals surface area contributed by atoms with E-state index in [0.717, 1.165) is 6.07 Å². The lowest BCUT2D eigenvalue weighted by Gasteiger charge is -2.09. The monoisotopic (exact) mass is 289 g/mol. The third-order valence-corrected chi connectivity index (χ3v) is 2.67. The van der Waals surface area contributed by atoms with E-state index in [-0.39, 0.29) is 17.0 Å². The highest BCUT2D eigenvalue weighted by Gasteiger charge is 2.17. The van der Waals surface area contributed by atoms with Crippen LogP contribution in [-0.2, 0) is 0 Å². The van der Waals surface area contributed by atoms with Gasteiger partial charge in [0.2, 0.25) is 0 Å². The summed E-state index contributed by atoms with van der Waals surface area (Å²) in [5.41, 5.74) is -0.600. The highest BCUT2D eigenvalue weighted by atomic mass is 16.6. The van der Waals surface area contributed by atoms with Gasteiger partial charge >= 0.3 is 5.97 Å². The van der Waals surface area contributed by atoms with Crippen LogP contribution in [0.2, 0.25) is 0 Å². The van der Waals surface area contributed by atoms with E-state index in [1.807, 2.05) is 0 Å². The van der Waals surface area contributed by atoms with E-state index in [4.69, 9.17) is 14.6 Å². The van der Waals surface area contributed by atoms with Gasteiger partial charge in [0.1, 0.15) is 22.8 Å². The largest absolute Gasteiger partial charge is 0.497 e. The normalized spacial score (nSPS) is 9.95. The molecule has 0 spiro atoms. The van der Waals surface area contributed by atoms with Gasteiger partial charge in [0, 0.05) is 18.2 Å². The highest BCUT2D eigenvalue weighted by molar-refractivity contribution is 5.91. The van der Waals surface area contributed by atoms with Crippen molar-refractivity contribution in [2.75, 3.05) is 7.11 Å². The van der Waals surface area contributed by atoms with Crippen molar-refractivity contribution in [3.63, 3.8) is 0 Å². The van der Waals surface area contributed by atoms with Gasteiger partial charge in [-0.15, -0.1) is 0 Å². The molecule has 0 saturated carbocycles. The lowest BCUT2D eigenvalue weighted by molar-refractivity contribution is -0.384. The first-order chi connectivity index (χ1) is 10.0. The number of nitro groups is 1. The topological polar surface area (TPSA) is 98.9 Å². The summed E-state index contributed by atoms with van der Waals surface area (Å²) in [6.45, 7) is 0. The van der Waals surface area contributed by atoms with Crippen LogP contribution in [0.5, 0.6) is 17.2 Å². The zero-order valence-corrected chi connectivity index (χ0v) is 11.0. The molecule has 2 aromatic rings. The standard InChI is InChI=1S/C14H11NO6/c1-20-10-3-2-4-11(8-10)21-13-6-5-9(15(18)19)7-12(13)14(16)17/h2-8H,1H3,(H,16,17). The Morgan fingerprint density at radius 2 is 1.90 bits per heavy atom. The van der Waals surface area contributed by atoms with Gasteiger partial charge in [-0.25, -0.2) is 4.79 Å². The Morgan fingerprint density at radius 3 is 2.52 bits per heavy atom. The average molecular weight is 289 g/mol. The molecule has 0 amide bonds. The SMILES string of the molecule is COc1cccc(Oc2ccc([N+](=O)[O-])cc2C(=O)O)c1. The molecule has 21 heavy (non-hydrogen) atoms. The molecule has 7 heteroatoms. The third kappa shape index (κ3) is 3.27. The maximum atomic E-state index is 11.2. The first kappa shape index (κ1) is 14.3. The van der Waals surface area contributed by atoms with Crippen molar-refractivity contribution in [2.45, 2.75) is 0 Å². The van der Waals surface area contributed by atoms with Crippen molar-refractivity contribution in [1.82, 2.24) is 0 Å². The number of methoxy groups -OCH3 is 1. The number of nitro benzene ring substituents is 1. The van der Waals surface area contributed by atoms with Gasteiger partial charge in [0.15, 0.2) is 0 Å². The molecular formula is C14H11NO6. The number of hydrogen-bond acceptors (Lipinski definition) is 5. The molecule has 0 aliphatic rings. The van der Waals surface area contributed by atoms with E-state index >= 15 is 0 Å². The van der Waals surface area contributed by atoms with E-state index in [1.165, 1.54) is 19.2 Å². The quantitative estimate of drug-likeness (QED) is 0.670. The summed E-state index contributed by atoms with van der Waals surface area (Å²) in [6, 6.07) is 9.98. The number of rotatable bonds is 5. The Bertz CT molecular complexity index is 698. The molecule has 0 aliphatic carbocycles. The van der Waals surface area contributed by atoms with Crippen LogP contribution in [0.1, 0.15) is 10.4 Å². The van der Waals surface area contributed by atoms with Crippen LogP contribution in [0, 0.1) is 10.1 Å². The van der Waals surface area contributed by atoms with Gasteiger partial charge in [0.25, 0.3) is 5.69 Å². The Morgan fingerprint density at radius 1 is 1.19 bits per heavy atom. The number of carboxylic acid groups (broad SMARTS) is 1. The highest BCUT2D eigenvalue weighted by Crippen LogP contribution is 2.30. The number of carbonyl (C=O) groups is 1. The van der Waals surface area contributed by atoms with Gasteiger partial charge < -0.3 is 14.6 Å². The van der Waals surface area contributed by atoms with Crippen LogP contribution in [0.4, 0.5) is 5.69 Å². The summed E-state index contributed by atoms with van der Waals surface area (Å²) in [7, 11) is 1.49. The zero-order chi connectivity index (χ0) is 15.4. The van der Waals surface area contributed by atoms with Crippen LogP contribution < -0.4 is 9.47 Å². The summed E-state index contributed by atoms with van der Waals surface area (Å²) in [5.74, 6) is -0.380. The van der Waals surface area contributed by atoms with E-state index in [1.54, 1.807) is 24.3 Å². The summed E-state index contributed by atoms with van der Waals surface area (Å²) < 4.78 is 10.5. The lowest BCUT2D eigenvalue weighted by Crippen LogP contribution is -2.01. The van der Waals surface area contributed by atoms with Gasteiger partial charge in [0.05, 0.1) is 12.0 Å². The number of carboxylic acids is 1. The second-order valence-electron chi connectivity index (χ2n) is 4.02. The van der Waals surface area contributed by atoms with Crippen molar-refractivity contribution in [2.24, 2.45) is 0 Å². The summed E-state index contributed by atoms with van der Waals surface area (Å²) in [5, 5.41) is 19.8. The molecule has 0 saturated heterocycles. The molecule has 0 unspecified atom stereocenters. The molecule has 0 heterocycles. The van der Waals surface area contributed by atoms with Crippen LogP contribution in [0.3, 0.4) is 0 Å².